The van der Waals surface area contributed by atoms with Crippen LogP contribution in [-0.4, -0.2) is 36.1 Å². The zero-order chi connectivity index (χ0) is 17.8. The Bertz CT molecular complexity index is 679. The first kappa shape index (κ1) is 17.0. The molecule has 0 aliphatic carbocycles. The van der Waals surface area contributed by atoms with Crippen molar-refractivity contribution in [2.24, 2.45) is 10.8 Å². The molecule has 2 aliphatic rings. The normalized spacial score (nSPS) is 18.9. The minimum Gasteiger partial charge on any atom is -0.480 e. The largest absolute Gasteiger partial charge is 0.480 e. The molecule has 2 aliphatic heterocycles. The second-order valence-corrected chi connectivity index (χ2v) is 4.88. The van der Waals surface area contributed by atoms with Gasteiger partial charge in [-0.1, -0.05) is 0 Å². The molecule has 0 bridgehead atoms. The molecule has 0 fully saturated rings. The Kier molecular flexibility index (Phi) is 4.54. The SMILES string of the molecule is COC(=O)C1(C(=O)OC(=O)C2(C(=O)O)C=CNC=C2)C=CNC=C1. The van der Waals surface area contributed by atoms with Crippen LogP contribution in [0.15, 0.2) is 49.1 Å². The maximum Gasteiger partial charge on any atom is 0.339 e. The fourth-order valence-electron chi connectivity index (χ4n) is 2.08. The number of carboxylic acid groups (broad SMARTS) is 1. The fourth-order valence-corrected chi connectivity index (χ4v) is 2.08. The number of carboxylic acids is 1. The molecule has 24 heavy (non-hydrogen) atoms. The van der Waals surface area contributed by atoms with E-state index in [1.165, 1.54) is 24.8 Å². The van der Waals surface area contributed by atoms with Crippen LogP contribution in [0.2, 0.25) is 0 Å². The van der Waals surface area contributed by atoms with Gasteiger partial charge in [0, 0.05) is 0 Å². The average molecular weight is 334 g/mol. The number of rotatable bonds is 4. The molecule has 0 saturated heterocycles. The van der Waals surface area contributed by atoms with E-state index in [4.69, 9.17) is 4.74 Å². The highest BCUT2D eigenvalue weighted by Gasteiger charge is 2.51. The number of esters is 3. The third-order valence-electron chi connectivity index (χ3n) is 3.51. The Morgan fingerprint density at radius 1 is 0.792 bits per heavy atom. The van der Waals surface area contributed by atoms with E-state index in [1.807, 2.05) is 0 Å². The second-order valence-electron chi connectivity index (χ2n) is 4.88. The molecule has 126 valence electrons. The molecule has 9 nitrogen and oxygen atoms in total. The van der Waals surface area contributed by atoms with Crippen LogP contribution in [0.5, 0.6) is 0 Å². The fraction of sp³-hybridized carbons (Fsp3) is 0.200. The molecule has 0 saturated carbocycles. The average Bonchev–Trinajstić information content (AvgIpc) is 2.61. The van der Waals surface area contributed by atoms with Crippen molar-refractivity contribution in [1.82, 2.24) is 10.6 Å². The maximum absolute atomic E-state index is 12.4. The minimum atomic E-state index is -2.17. The molecule has 0 amide bonds. The summed E-state index contributed by atoms with van der Waals surface area (Å²) in [5, 5.41) is 14.5. The van der Waals surface area contributed by atoms with E-state index in [2.05, 4.69) is 15.4 Å². The van der Waals surface area contributed by atoms with Gasteiger partial charge in [0.15, 0.2) is 0 Å². The summed E-state index contributed by atoms with van der Waals surface area (Å²) < 4.78 is 9.28. The Morgan fingerprint density at radius 2 is 1.21 bits per heavy atom. The second kappa shape index (κ2) is 6.41. The van der Waals surface area contributed by atoms with E-state index < -0.39 is 34.7 Å². The molecule has 2 rings (SSSR count). The number of carbonyl (C=O) groups excluding carboxylic acids is 3. The molecule has 0 aromatic rings. The van der Waals surface area contributed by atoms with Crippen molar-refractivity contribution in [3.8, 4) is 0 Å². The summed E-state index contributed by atoms with van der Waals surface area (Å²) in [5.74, 6) is -5.13. The standard InChI is InChI=1S/C15H14N2O7/c1-23-11(20)15(4-8-17-9-5-15)13(22)24-12(21)14(10(18)19)2-6-16-7-3-14/h2-9,16-17H,1H3,(H,18,19). The predicted molar refractivity (Wildman–Crippen MR) is 78.4 cm³/mol. The smallest absolute Gasteiger partial charge is 0.339 e. The lowest BCUT2D eigenvalue weighted by atomic mass is 9.85. The highest BCUT2D eigenvalue weighted by Crippen LogP contribution is 2.31. The van der Waals surface area contributed by atoms with Crippen molar-refractivity contribution in [1.29, 1.82) is 0 Å². The Labute approximate surface area is 136 Å². The predicted octanol–water partition coefficient (Wildman–Crippen LogP) is -0.452. The number of carbonyl (C=O) groups is 4. The van der Waals surface area contributed by atoms with Crippen LogP contribution >= 0.6 is 0 Å². The summed E-state index contributed by atoms with van der Waals surface area (Å²) in [6.45, 7) is 0. The van der Waals surface area contributed by atoms with Crippen molar-refractivity contribution in [2.45, 2.75) is 0 Å². The first-order chi connectivity index (χ1) is 11.4. The van der Waals surface area contributed by atoms with Gasteiger partial charge in [-0.05, 0) is 49.1 Å². The van der Waals surface area contributed by atoms with Crippen molar-refractivity contribution >= 4 is 23.9 Å². The zero-order valence-corrected chi connectivity index (χ0v) is 12.5. The summed E-state index contributed by atoms with van der Waals surface area (Å²) in [6, 6.07) is 0. The first-order valence-corrected chi connectivity index (χ1v) is 6.70. The van der Waals surface area contributed by atoms with Crippen LogP contribution in [0.1, 0.15) is 0 Å². The van der Waals surface area contributed by atoms with Gasteiger partial charge in [-0.25, -0.2) is 9.59 Å². The van der Waals surface area contributed by atoms with Gasteiger partial charge < -0.3 is 25.2 Å². The molecular formula is C15H14N2O7. The summed E-state index contributed by atoms with van der Waals surface area (Å²) in [5.41, 5.74) is -4.14. The van der Waals surface area contributed by atoms with Crippen LogP contribution < -0.4 is 10.6 Å². The number of hydrogen-bond donors (Lipinski definition) is 3. The van der Waals surface area contributed by atoms with Gasteiger partial charge in [-0.2, -0.15) is 0 Å². The van der Waals surface area contributed by atoms with Gasteiger partial charge in [0.1, 0.15) is 0 Å². The molecule has 0 aromatic heterocycles. The van der Waals surface area contributed by atoms with E-state index in [-0.39, 0.29) is 0 Å². The van der Waals surface area contributed by atoms with E-state index in [9.17, 15) is 24.3 Å². The summed E-state index contributed by atoms with van der Waals surface area (Å²) in [6.07, 6.45) is 9.39. The van der Waals surface area contributed by atoms with Crippen LogP contribution in [0.25, 0.3) is 0 Å². The quantitative estimate of drug-likeness (QED) is 0.462. The topological polar surface area (TPSA) is 131 Å². The van der Waals surface area contributed by atoms with Gasteiger partial charge >= 0.3 is 23.9 Å². The molecule has 0 aromatic carbocycles. The van der Waals surface area contributed by atoms with Crippen LogP contribution in [-0.2, 0) is 28.7 Å². The lowest BCUT2D eigenvalue weighted by molar-refractivity contribution is -0.174. The monoisotopic (exact) mass is 334 g/mol. The van der Waals surface area contributed by atoms with E-state index in [1.54, 1.807) is 0 Å². The van der Waals surface area contributed by atoms with E-state index in [0.717, 1.165) is 31.4 Å². The Morgan fingerprint density at radius 3 is 1.62 bits per heavy atom. The summed E-state index contributed by atoms with van der Waals surface area (Å²) in [7, 11) is 1.07. The van der Waals surface area contributed by atoms with Gasteiger partial charge in [0.25, 0.3) is 0 Å². The molecule has 0 unspecified atom stereocenters. The van der Waals surface area contributed by atoms with Crippen molar-refractivity contribution < 1.29 is 33.8 Å². The van der Waals surface area contributed by atoms with Gasteiger partial charge in [-0.3, -0.25) is 9.59 Å². The highest BCUT2D eigenvalue weighted by atomic mass is 16.6. The lowest BCUT2D eigenvalue weighted by Crippen LogP contribution is -2.45. The molecule has 9 heteroatoms. The molecule has 0 spiro atoms. The minimum absolute atomic E-state index is 0.977. The Balaban J connectivity index is 2.31. The van der Waals surface area contributed by atoms with Gasteiger partial charge in [-0.15, -0.1) is 0 Å². The van der Waals surface area contributed by atoms with Crippen molar-refractivity contribution in [3.05, 3.63) is 49.1 Å². The number of dihydropyridines is 2. The number of aliphatic carboxylic acids is 1. The summed E-state index contributed by atoms with van der Waals surface area (Å²) >= 11 is 0. The lowest BCUT2D eigenvalue weighted by Gasteiger charge is -2.26. The Hall–Kier alpha value is -3.36. The molecule has 3 N–H and O–H groups in total. The number of methoxy groups -OCH3 is 1. The molecular weight excluding hydrogens is 320 g/mol. The zero-order valence-electron chi connectivity index (χ0n) is 12.5. The van der Waals surface area contributed by atoms with E-state index in [0.29, 0.717) is 0 Å². The summed E-state index contributed by atoms with van der Waals surface area (Å²) in [4.78, 5) is 48.2. The number of ether oxygens (including phenoxy) is 2. The van der Waals surface area contributed by atoms with Crippen molar-refractivity contribution in [3.63, 3.8) is 0 Å². The van der Waals surface area contributed by atoms with Gasteiger partial charge in [0.2, 0.25) is 10.8 Å². The third-order valence-corrected chi connectivity index (χ3v) is 3.51. The van der Waals surface area contributed by atoms with Crippen molar-refractivity contribution in [2.75, 3.05) is 7.11 Å². The first-order valence-electron chi connectivity index (χ1n) is 6.70. The highest BCUT2D eigenvalue weighted by molar-refractivity contribution is 6.12. The maximum atomic E-state index is 12.4. The third kappa shape index (κ3) is 2.67. The van der Waals surface area contributed by atoms with E-state index >= 15 is 0 Å². The molecule has 0 radical (unpaired) electrons. The molecule has 2 heterocycles. The van der Waals surface area contributed by atoms with Crippen LogP contribution in [0.3, 0.4) is 0 Å². The number of nitrogens with one attached hydrogen (secondary N) is 2. The van der Waals surface area contributed by atoms with Crippen LogP contribution in [0, 0.1) is 10.8 Å². The van der Waals surface area contributed by atoms with Gasteiger partial charge in [0.05, 0.1) is 7.11 Å². The number of hydrogen-bond acceptors (Lipinski definition) is 8. The molecule has 0 atom stereocenters. The van der Waals surface area contributed by atoms with Crippen LogP contribution in [0.4, 0.5) is 0 Å².